The lowest BCUT2D eigenvalue weighted by atomic mass is 9.80. The second-order valence-corrected chi connectivity index (χ2v) is 9.07. The summed E-state index contributed by atoms with van der Waals surface area (Å²) < 4.78 is 34.2. The van der Waals surface area contributed by atoms with Gasteiger partial charge in [-0.05, 0) is 43.3 Å². The average molecular weight is 526 g/mol. The number of hydrogen-bond acceptors (Lipinski definition) is 7. The first-order valence-electron chi connectivity index (χ1n) is 11.8. The number of nitrogens with one attached hydrogen (secondary N) is 1. The zero-order chi connectivity index (χ0) is 27.6. The lowest BCUT2D eigenvalue weighted by Crippen LogP contribution is -2.40. The quantitative estimate of drug-likeness (QED) is 0.334. The van der Waals surface area contributed by atoms with Crippen molar-refractivity contribution >= 4 is 5.91 Å². The fraction of sp³-hybridized carbons (Fsp3) is 0.143. The van der Waals surface area contributed by atoms with Crippen LogP contribution in [-0.2, 0) is 12.5 Å². The number of benzene rings is 1. The maximum atomic E-state index is 14.2. The van der Waals surface area contributed by atoms with Gasteiger partial charge in [-0.25, -0.2) is 13.8 Å². The monoisotopic (exact) mass is 525 g/mol. The van der Waals surface area contributed by atoms with E-state index < -0.39 is 23.0 Å². The van der Waals surface area contributed by atoms with E-state index >= 15 is 0 Å². The first kappa shape index (κ1) is 25.4. The molecule has 4 heterocycles. The molecular formula is C28H21F2N7O2. The van der Waals surface area contributed by atoms with E-state index in [9.17, 15) is 18.8 Å². The van der Waals surface area contributed by atoms with Gasteiger partial charge in [-0.1, -0.05) is 11.2 Å². The van der Waals surface area contributed by atoms with Gasteiger partial charge >= 0.3 is 0 Å². The Bertz CT molecular complexity index is 1720. The van der Waals surface area contributed by atoms with Crippen LogP contribution in [0.5, 0.6) is 0 Å². The molecule has 0 aliphatic carbocycles. The van der Waals surface area contributed by atoms with Gasteiger partial charge < -0.3 is 9.84 Å². The van der Waals surface area contributed by atoms with Crippen molar-refractivity contribution in [3.63, 3.8) is 0 Å². The summed E-state index contributed by atoms with van der Waals surface area (Å²) in [5.74, 6) is -2.11. The molecule has 0 fully saturated rings. The molecule has 0 bridgehead atoms. The van der Waals surface area contributed by atoms with Gasteiger partial charge in [0.1, 0.15) is 23.4 Å². The number of pyridine rings is 2. The molecule has 39 heavy (non-hydrogen) atoms. The van der Waals surface area contributed by atoms with Gasteiger partial charge in [0.15, 0.2) is 11.5 Å². The number of hydrogen-bond donors (Lipinski definition) is 1. The van der Waals surface area contributed by atoms with Gasteiger partial charge in [0, 0.05) is 49.2 Å². The Morgan fingerprint density at radius 1 is 1.18 bits per heavy atom. The van der Waals surface area contributed by atoms with E-state index in [-0.39, 0.29) is 29.3 Å². The predicted octanol–water partition coefficient (Wildman–Crippen LogP) is 4.42. The average Bonchev–Trinajstić information content (AvgIpc) is 3.61. The Balaban J connectivity index is 1.43. The Hall–Kier alpha value is -5.24. The van der Waals surface area contributed by atoms with E-state index in [0.29, 0.717) is 11.4 Å². The number of rotatable bonds is 7. The summed E-state index contributed by atoms with van der Waals surface area (Å²) >= 11 is 0. The largest absolute Gasteiger partial charge is 0.355 e. The molecule has 5 aromatic rings. The van der Waals surface area contributed by atoms with E-state index in [4.69, 9.17) is 9.51 Å². The molecule has 0 saturated carbocycles. The van der Waals surface area contributed by atoms with Crippen molar-refractivity contribution in [2.75, 3.05) is 6.54 Å². The van der Waals surface area contributed by atoms with Crippen LogP contribution in [-0.4, -0.2) is 37.4 Å². The van der Waals surface area contributed by atoms with Crippen molar-refractivity contribution in [1.82, 2.24) is 30.2 Å². The molecule has 0 saturated heterocycles. The predicted molar refractivity (Wildman–Crippen MR) is 136 cm³/mol. The van der Waals surface area contributed by atoms with Crippen LogP contribution in [0.2, 0.25) is 0 Å². The highest BCUT2D eigenvalue weighted by Crippen LogP contribution is 2.32. The van der Waals surface area contributed by atoms with Crippen molar-refractivity contribution in [2.45, 2.75) is 12.3 Å². The highest BCUT2D eigenvalue weighted by Gasteiger charge is 2.33. The van der Waals surface area contributed by atoms with Gasteiger partial charge in [-0.2, -0.15) is 10.4 Å². The summed E-state index contributed by atoms with van der Waals surface area (Å²) in [7, 11) is 1.79. The van der Waals surface area contributed by atoms with E-state index in [1.165, 1.54) is 12.1 Å². The number of carbonyl (C=O) groups is 1. The van der Waals surface area contributed by atoms with Crippen molar-refractivity contribution < 1.29 is 18.1 Å². The third-order valence-electron chi connectivity index (χ3n) is 6.37. The van der Waals surface area contributed by atoms with Crippen LogP contribution in [0.3, 0.4) is 0 Å². The molecule has 1 amide bonds. The molecule has 4 aromatic heterocycles. The summed E-state index contributed by atoms with van der Waals surface area (Å²) in [5.41, 5.74) is 2.19. The van der Waals surface area contributed by atoms with Crippen molar-refractivity contribution in [3.05, 3.63) is 107 Å². The van der Waals surface area contributed by atoms with Crippen molar-refractivity contribution in [2.24, 2.45) is 7.05 Å². The van der Waals surface area contributed by atoms with E-state index in [2.05, 4.69) is 20.6 Å². The third kappa shape index (κ3) is 5.13. The molecule has 1 aromatic carbocycles. The summed E-state index contributed by atoms with van der Waals surface area (Å²) in [6.07, 6.45) is 5.09. The zero-order valence-corrected chi connectivity index (χ0v) is 20.9. The van der Waals surface area contributed by atoms with Crippen LogP contribution < -0.4 is 5.32 Å². The molecule has 0 radical (unpaired) electrons. The number of aromatic nitrogens is 5. The second-order valence-electron chi connectivity index (χ2n) is 9.07. The normalized spacial score (nSPS) is 12.5. The fourth-order valence-corrected chi connectivity index (χ4v) is 4.15. The van der Waals surface area contributed by atoms with Crippen LogP contribution in [0.1, 0.15) is 34.4 Å². The molecule has 9 nitrogen and oxygen atoms in total. The number of aryl methyl sites for hydroxylation is 1. The smallest absolute Gasteiger partial charge is 0.273 e. The van der Waals surface area contributed by atoms with Crippen LogP contribution in [0.25, 0.3) is 22.6 Å². The third-order valence-corrected chi connectivity index (χ3v) is 6.37. The SMILES string of the molecule is Cn1cc(C(C)(CNC(=O)c2cc(-c3ccc(F)cc3F)on2)c2cccc(-c3ccnc(C#N)c3)n2)cn1. The number of carbonyl (C=O) groups excluding carboxylic acids is 1. The lowest BCUT2D eigenvalue weighted by molar-refractivity contribution is 0.0938. The van der Waals surface area contributed by atoms with E-state index in [1.54, 1.807) is 36.3 Å². The Morgan fingerprint density at radius 3 is 2.77 bits per heavy atom. The Kier molecular flexibility index (Phi) is 6.68. The van der Waals surface area contributed by atoms with Gasteiger partial charge in [-0.15, -0.1) is 0 Å². The highest BCUT2D eigenvalue weighted by molar-refractivity contribution is 5.93. The van der Waals surface area contributed by atoms with Crippen molar-refractivity contribution in [1.29, 1.82) is 5.26 Å². The van der Waals surface area contributed by atoms with Crippen LogP contribution in [0, 0.1) is 23.0 Å². The zero-order valence-electron chi connectivity index (χ0n) is 20.9. The topological polar surface area (TPSA) is 123 Å². The summed E-state index contributed by atoms with van der Waals surface area (Å²) in [6.45, 7) is 2.03. The number of halogens is 2. The van der Waals surface area contributed by atoms with Gasteiger partial charge in [0.25, 0.3) is 5.91 Å². The minimum absolute atomic E-state index is 0.00359. The van der Waals surface area contributed by atoms with Crippen LogP contribution in [0.4, 0.5) is 8.78 Å². The molecular weight excluding hydrogens is 504 g/mol. The Labute approximate surface area is 221 Å². The molecule has 0 aliphatic heterocycles. The molecule has 1 atom stereocenters. The summed E-state index contributed by atoms with van der Waals surface area (Å²) in [6, 6.07) is 15.3. The summed E-state index contributed by atoms with van der Waals surface area (Å²) in [5, 5.41) is 20.1. The van der Waals surface area contributed by atoms with Gasteiger partial charge in [0.05, 0.1) is 28.6 Å². The highest BCUT2D eigenvalue weighted by atomic mass is 19.1. The van der Waals surface area contributed by atoms with E-state index in [0.717, 1.165) is 23.3 Å². The number of amides is 1. The molecule has 1 N–H and O–H groups in total. The van der Waals surface area contributed by atoms with Crippen LogP contribution >= 0.6 is 0 Å². The van der Waals surface area contributed by atoms with Crippen LogP contribution in [0.15, 0.2) is 77.7 Å². The molecule has 194 valence electrons. The molecule has 0 aliphatic rings. The molecule has 1 unspecified atom stereocenters. The second kappa shape index (κ2) is 10.3. The minimum atomic E-state index is -0.829. The first-order chi connectivity index (χ1) is 18.8. The molecule has 0 spiro atoms. The standard InChI is InChI=1S/C28H21F2N7O2/c1-28(18-14-34-37(2)15-18,26-5-3-4-23(35-26)17-8-9-32-20(10-17)13-31)16-33-27(38)24-12-25(39-36-24)21-7-6-19(29)11-22(21)30/h3-12,14-15H,16H2,1-2H3,(H,33,38). The van der Waals surface area contributed by atoms with Crippen molar-refractivity contribution in [3.8, 4) is 28.7 Å². The maximum Gasteiger partial charge on any atom is 0.273 e. The summed E-state index contributed by atoms with van der Waals surface area (Å²) in [4.78, 5) is 21.9. The van der Waals surface area contributed by atoms with Gasteiger partial charge in [-0.3, -0.25) is 14.5 Å². The first-order valence-corrected chi connectivity index (χ1v) is 11.8. The van der Waals surface area contributed by atoms with Gasteiger partial charge in [0.2, 0.25) is 0 Å². The van der Waals surface area contributed by atoms with E-state index in [1.807, 2.05) is 37.4 Å². The number of nitrogens with zero attached hydrogens (tertiary/aromatic N) is 6. The lowest BCUT2D eigenvalue weighted by Gasteiger charge is -2.29. The number of nitriles is 1. The molecule has 5 rings (SSSR count). The Morgan fingerprint density at radius 2 is 2.03 bits per heavy atom. The molecule has 11 heteroatoms. The maximum absolute atomic E-state index is 14.2. The minimum Gasteiger partial charge on any atom is -0.355 e. The fourth-order valence-electron chi connectivity index (χ4n) is 4.15.